The van der Waals surface area contributed by atoms with E-state index in [1.54, 1.807) is 0 Å². The summed E-state index contributed by atoms with van der Waals surface area (Å²) >= 11 is 6.11. The molecule has 1 rings (SSSR count). The zero-order chi connectivity index (χ0) is 10.2. The third-order valence-corrected chi connectivity index (χ3v) is 6.56. The van der Waals surface area contributed by atoms with Crippen molar-refractivity contribution in [2.24, 2.45) is 0 Å². The molecule has 0 amide bonds. The van der Waals surface area contributed by atoms with Crippen LogP contribution < -0.4 is 5.11 Å². The summed E-state index contributed by atoms with van der Waals surface area (Å²) in [5.74, 6) is -2.76. The van der Waals surface area contributed by atoms with Crippen LogP contribution in [0.2, 0.25) is 0 Å². The van der Waals surface area contributed by atoms with Gasteiger partial charge in [-0.1, -0.05) is 0 Å². The monoisotopic (exact) mass is 328 g/mol. The highest BCUT2D eigenvalue weighted by Crippen LogP contribution is 2.41. The van der Waals surface area contributed by atoms with Gasteiger partial charge in [0.1, 0.15) is 5.56 Å². The van der Waals surface area contributed by atoms with E-state index in [1.807, 2.05) is 0 Å². The van der Waals surface area contributed by atoms with Gasteiger partial charge < -0.3 is 15.0 Å². The number of carbonyl (C=O) groups is 2. The fraction of sp³-hybridized carbons (Fsp3) is 0. The number of thiophene rings is 1. The number of carboxylic acids is 2. The van der Waals surface area contributed by atoms with Crippen LogP contribution in [0.1, 0.15) is 20.7 Å². The lowest BCUT2D eigenvalue weighted by molar-refractivity contribution is -0.255. The van der Waals surface area contributed by atoms with E-state index in [0.29, 0.717) is 3.79 Å². The molecule has 1 unspecified atom stereocenters. The van der Waals surface area contributed by atoms with Crippen LogP contribution in [-0.2, 0) is 0 Å². The van der Waals surface area contributed by atoms with Gasteiger partial charge in [-0.3, -0.25) is 0 Å². The third kappa shape index (κ3) is 1.92. The Bertz CT molecular complexity index is 384. The zero-order valence-corrected chi connectivity index (χ0v) is 9.90. The van der Waals surface area contributed by atoms with Crippen LogP contribution in [0.25, 0.3) is 0 Å². The second-order valence-corrected chi connectivity index (χ2v) is 6.68. The van der Waals surface area contributed by atoms with E-state index in [0.717, 1.165) is 0 Å². The Kier molecular flexibility index (Phi) is 3.09. The number of aromatic carboxylic acids is 2. The second-order valence-electron chi connectivity index (χ2n) is 2.06. The Hall–Kier alpha value is -0.400. The van der Waals surface area contributed by atoms with Crippen LogP contribution >= 0.6 is 39.6 Å². The Balaban J connectivity index is 3.44. The van der Waals surface area contributed by atoms with Crippen LogP contribution in [0.5, 0.6) is 0 Å². The van der Waals surface area contributed by atoms with Gasteiger partial charge in [0.2, 0.25) is 3.79 Å². The van der Waals surface area contributed by atoms with Crippen molar-refractivity contribution < 1.29 is 19.8 Å². The average Bonchev–Trinajstić information content (AvgIpc) is 2.28. The highest BCUT2D eigenvalue weighted by atomic mass is 79.9. The number of carbonyl (C=O) groups excluding carboxylic acids is 1. The van der Waals surface area contributed by atoms with Crippen molar-refractivity contribution in [1.82, 2.24) is 0 Å². The van der Waals surface area contributed by atoms with Gasteiger partial charge in [0.05, 0.1) is 20.4 Å². The molecule has 0 aromatic carbocycles. The summed E-state index contributed by atoms with van der Waals surface area (Å²) in [4.78, 5) is 21.1. The topological polar surface area (TPSA) is 77.4 Å². The van der Waals surface area contributed by atoms with Gasteiger partial charge in [0.15, 0.2) is 5.38 Å². The molecule has 0 spiro atoms. The lowest BCUT2D eigenvalue weighted by atomic mass is 10.2. The number of hydrogen-bond acceptors (Lipinski definition) is 3. The molecular weight excluding hydrogens is 328 g/mol. The molecule has 1 aromatic heterocycles. The largest absolute Gasteiger partial charge is 0.545 e. The van der Waals surface area contributed by atoms with Gasteiger partial charge in [-0.25, -0.2) is 4.79 Å². The third-order valence-electron chi connectivity index (χ3n) is 1.29. The van der Waals surface area contributed by atoms with Crippen molar-refractivity contribution in [2.75, 3.05) is 0 Å². The predicted molar refractivity (Wildman–Crippen MR) is 52.2 cm³/mol. The SMILES string of the molecule is O=C([O-])c1c[s+](Br)c(Br)c1C(=O)O. The van der Waals surface area contributed by atoms with E-state index in [2.05, 4.69) is 30.7 Å². The van der Waals surface area contributed by atoms with Crippen LogP contribution in [0, 0.1) is 0 Å². The molecule has 0 fully saturated rings. The molecular formula is C6H2Br2O4S. The van der Waals surface area contributed by atoms with Gasteiger partial charge in [-0.2, -0.15) is 0 Å². The Labute approximate surface area is 91.5 Å². The first-order valence-electron chi connectivity index (χ1n) is 2.91. The summed E-state index contributed by atoms with van der Waals surface area (Å²) in [6.45, 7) is 0. The minimum atomic E-state index is -1.48. The highest BCUT2D eigenvalue weighted by Gasteiger charge is 2.27. The number of rotatable bonds is 2. The first-order valence-corrected chi connectivity index (χ1v) is 6.83. The normalized spacial score (nSPS) is 11.4. The fourth-order valence-electron chi connectivity index (χ4n) is 0.767. The molecule has 1 atom stereocenters. The molecule has 7 heteroatoms. The summed E-state index contributed by atoms with van der Waals surface area (Å²) in [6.07, 6.45) is 0. The summed E-state index contributed by atoms with van der Waals surface area (Å²) in [7, 11) is -0.674. The second kappa shape index (κ2) is 3.77. The van der Waals surface area contributed by atoms with Gasteiger partial charge in [0.25, 0.3) is 14.8 Å². The zero-order valence-electron chi connectivity index (χ0n) is 5.91. The minimum Gasteiger partial charge on any atom is -0.545 e. The van der Waals surface area contributed by atoms with E-state index in [1.165, 1.54) is 5.38 Å². The first kappa shape index (κ1) is 10.7. The Morgan fingerprint density at radius 2 is 2.08 bits per heavy atom. The van der Waals surface area contributed by atoms with E-state index in [9.17, 15) is 14.7 Å². The average molecular weight is 330 g/mol. The standard InChI is InChI=1S/C6H2Br2O4S/c7-4-3(6(11)12)2(5(9)10)1-13(4)8/h1H,(H-,9,10,11,12). The smallest absolute Gasteiger partial charge is 0.342 e. The number of carboxylic acid groups (broad SMARTS) is 2. The first-order chi connectivity index (χ1) is 5.95. The predicted octanol–water partition coefficient (Wildman–Crippen LogP) is 1.42. The molecule has 1 heterocycles. The van der Waals surface area contributed by atoms with E-state index in [4.69, 9.17) is 5.11 Å². The van der Waals surface area contributed by atoms with Crippen LogP contribution in [0.15, 0.2) is 9.17 Å². The fourth-order valence-corrected chi connectivity index (χ4v) is 3.39. The summed E-state index contributed by atoms with van der Waals surface area (Å²) in [6, 6.07) is 0. The molecule has 1 aromatic rings. The Morgan fingerprint density at radius 3 is 2.38 bits per heavy atom. The van der Waals surface area contributed by atoms with E-state index in [-0.39, 0.29) is 11.1 Å². The molecule has 70 valence electrons. The Morgan fingerprint density at radius 1 is 1.54 bits per heavy atom. The van der Waals surface area contributed by atoms with Crippen molar-refractivity contribution in [3.63, 3.8) is 0 Å². The number of halogens is 2. The summed E-state index contributed by atoms with van der Waals surface area (Å²) in [5, 5.41) is 20.5. The van der Waals surface area contributed by atoms with Crippen molar-refractivity contribution in [2.45, 2.75) is 0 Å². The van der Waals surface area contributed by atoms with E-state index >= 15 is 0 Å². The number of hydrogen-bond donors (Lipinski definition) is 1. The van der Waals surface area contributed by atoms with Crippen molar-refractivity contribution >= 4 is 51.6 Å². The quantitative estimate of drug-likeness (QED) is 0.832. The summed E-state index contributed by atoms with van der Waals surface area (Å²) in [5.41, 5.74) is -0.542. The maximum absolute atomic E-state index is 10.6. The molecule has 0 aliphatic rings. The van der Waals surface area contributed by atoms with Crippen LogP contribution in [0.4, 0.5) is 0 Å². The van der Waals surface area contributed by atoms with Gasteiger partial charge in [-0.15, -0.1) is 0 Å². The van der Waals surface area contributed by atoms with Gasteiger partial charge in [-0.05, 0) is 0 Å². The maximum atomic E-state index is 10.6. The lowest BCUT2D eigenvalue weighted by Gasteiger charge is -1.96. The summed E-state index contributed by atoms with van der Waals surface area (Å²) < 4.78 is 0.319. The van der Waals surface area contributed by atoms with Crippen LogP contribution in [0.3, 0.4) is 0 Å². The lowest BCUT2D eigenvalue weighted by Crippen LogP contribution is -2.23. The molecule has 0 saturated carbocycles. The van der Waals surface area contributed by atoms with Gasteiger partial charge >= 0.3 is 5.97 Å². The minimum absolute atomic E-state index is 0.250. The van der Waals surface area contributed by atoms with Gasteiger partial charge in [0, 0.05) is 15.9 Å². The molecule has 0 aliphatic heterocycles. The molecule has 0 saturated heterocycles. The van der Waals surface area contributed by atoms with E-state index < -0.39 is 20.8 Å². The maximum Gasteiger partial charge on any atom is 0.342 e. The van der Waals surface area contributed by atoms with Crippen molar-refractivity contribution in [3.8, 4) is 0 Å². The molecule has 0 aliphatic carbocycles. The molecule has 0 bridgehead atoms. The molecule has 0 radical (unpaired) electrons. The van der Waals surface area contributed by atoms with Crippen molar-refractivity contribution in [1.29, 1.82) is 0 Å². The van der Waals surface area contributed by atoms with Crippen molar-refractivity contribution in [3.05, 3.63) is 20.3 Å². The van der Waals surface area contributed by atoms with Crippen LogP contribution in [-0.4, -0.2) is 17.0 Å². The molecule has 1 N–H and O–H groups in total. The highest BCUT2D eigenvalue weighted by molar-refractivity contribution is 9.35. The molecule has 4 nitrogen and oxygen atoms in total. The molecule has 13 heavy (non-hydrogen) atoms.